The van der Waals surface area contributed by atoms with Crippen LogP contribution in [0.2, 0.25) is 0 Å². The Morgan fingerprint density at radius 2 is 2.00 bits per heavy atom. The molecule has 0 fully saturated rings. The number of nitrogens with zero attached hydrogens (tertiary/aromatic N) is 1. The van der Waals surface area contributed by atoms with Gasteiger partial charge < -0.3 is 19.9 Å². The summed E-state index contributed by atoms with van der Waals surface area (Å²) in [6.45, 7) is 0. The lowest BCUT2D eigenvalue weighted by atomic mass is 10.2. The van der Waals surface area contributed by atoms with Crippen molar-refractivity contribution in [1.29, 1.82) is 0 Å². The molecule has 0 atom stereocenters. The number of carbonyl (C=O) groups is 1. The van der Waals surface area contributed by atoms with Crippen molar-refractivity contribution in [3.05, 3.63) is 23.9 Å². The van der Waals surface area contributed by atoms with Crippen LogP contribution < -0.4 is 15.2 Å². The first-order valence-corrected chi connectivity index (χ1v) is 6.49. The molecule has 20 heavy (non-hydrogen) atoms. The SMILES string of the molecule is COC(=O)c1nc(-c2ccc(OC)cc2OC)sc1N. The van der Waals surface area contributed by atoms with Crippen LogP contribution in [0.15, 0.2) is 18.2 Å². The Labute approximate surface area is 120 Å². The number of hydrogen-bond donors (Lipinski definition) is 1. The Morgan fingerprint density at radius 3 is 2.60 bits per heavy atom. The van der Waals surface area contributed by atoms with E-state index in [1.54, 1.807) is 32.4 Å². The van der Waals surface area contributed by atoms with E-state index >= 15 is 0 Å². The van der Waals surface area contributed by atoms with Crippen molar-refractivity contribution in [2.24, 2.45) is 0 Å². The number of carbonyl (C=O) groups excluding carboxylic acids is 1. The Hall–Kier alpha value is -2.28. The van der Waals surface area contributed by atoms with Gasteiger partial charge in [-0.05, 0) is 12.1 Å². The van der Waals surface area contributed by atoms with Crippen molar-refractivity contribution in [3.8, 4) is 22.1 Å². The molecule has 0 aliphatic carbocycles. The minimum Gasteiger partial charge on any atom is -0.497 e. The zero-order valence-corrected chi connectivity index (χ0v) is 12.1. The number of nitrogen functional groups attached to an aromatic ring is 1. The summed E-state index contributed by atoms with van der Waals surface area (Å²) >= 11 is 1.20. The molecule has 0 saturated carbocycles. The average molecular weight is 294 g/mol. The largest absolute Gasteiger partial charge is 0.497 e. The Morgan fingerprint density at radius 1 is 1.25 bits per heavy atom. The number of benzene rings is 1. The highest BCUT2D eigenvalue weighted by atomic mass is 32.1. The average Bonchev–Trinajstić information content (AvgIpc) is 2.87. The number of anilines is 1. The highest BCUT2D eigenvalue weighted by Crippen LogP contribution is 2.37. The third-order valence-corrected chi connectivity index (χ3v) is 3.59. The van der Waals surface area contributed by atoms with E-state index in [0.717, 1.165) is 5.56 Å². The summed E-state index contributed by atoms with van der Waals surface area (Å²) < 4.78 is 15.1. The van der Waals surface area contributed by atoms with E-state index in [1.807, 2.05) is 0 Å². The van der Waals surface area contributed by atoms with Crippen LogP contribution in [0.4, 0.5) is 5.00 Å². The van der Waals surface area contributed by atoms with Crippen LogP contribution in [0, 0.1) is 0 Å². The van der Waals surface area contributed by atoms with E-state index in [9.17, 15) is 4.79 Å². The van der Waals surface area contributed by atoms with Gasteiger partial charge in [0.2, 0.25) is 0 Å². The van der Waals surface area contributed by atoms with Gasteiger partial charge in [-0.2, -0.15) is 0 Å². The lowest BCUT2D eigenvalue weighted by Gasteiger charge is -2.08. The van der Waals surface area contributed by atoms with E-state index in [0.29, 0.717) is 21.5 Å². The first-order chi connectivity index (χ1) is 9.60. The normalized spacial score (nSPS) is 10.2. The molecule has 6 nitrogen and oxygen atoms in total. The van der Waals surface area contributed by atoms with Crippen molar-refractivity contribution in [2.45, 2.75) is 0 Å². The molecular weight excluding hydrogens is 280 g/mol. The second-order valence-corrected chi connectivity index (χ2v) is 4.82. The van der Waals surface area contributed by atoms with Crippen LogP contribution in [0.1, 0.15) is 10.5 Å². The van der Waals surface area contributed by atoms with Crippen molar-refractivity contribution in [3.63, 3.8) is 0 Å². The monoisotopic (exact) mass is 294 g/mol. The predicted octanol–water partition coefficient (Wildman–Crippen LogP) is 2.20. The van der Waals surface area contributed by atoms with Crippen LogP contribution in [0.3, 0.4) is 0 Å². The molecule has 1 heterocycles. The maximum absolute atomic E-state index is 11.5. The number of nitrogens with two attached hydrogens (primary N) is 1. The van der Waals surface area contributed by atoms with E-state index in [-0.39, 0.29) is 5.69 Å². The van der Waals surface area contributed by atoms with Crippen molar-refractivity contribution in [1.82, 2.24) is 4.98 Å². The van der Waals surface area contributed by atoms with Gasteiger partial charge in [0.15, 0.2) is 5.69 Å². The minimum absolute atomic E-state index is 0.116. The first-order valence-electron chi connectivity index (χ1n) is 5.67. The van der Waals surface area contributed by atoms with E-state index in [1.165, 1.54) is 18.4 Å². The molecule has 0 amide bonds. The van der Waals surface area contributed by atoms with Gasteiger partial charge in [-0.25, -0.2) is 9.78 Å². The van der Waals surface area contributed by atoms with Gasteiger partial charge in [-0.3, -0.25) is 0 Å². The number of ether oxygens (including phenoxy) is 3. The maximum atomic E-state index is 11.5. The van der Waals surface area contributed by atoms with E-state index in [2.05, 4.69) is 9.72 Å². The summed E-state index contributed by atoms with van der Waals surface area (Å²) in [6, 6.07) is 5.33. The molecule has 2 N–H and O–H groups in total. The standard InChI is InChI=1S/C13H14N2O4S/c1-17-7-4-5-8(9(6-7)18-2)12-15-10(11(14)20-12)13(16)19-3/h4-6H,14H2,1-3H3. The van der Waals surface area contributed by atoms with Gasteiger partial charge in [-0.15, -0.1) is 0 Å². The molecule has 2 rings (SSSR count). The van der Waals surface area contributed by atoms with Crippen LogP contribution in [-0.2, 0) is 4.74 Å². The molecule has 0 aliphatic heterocycles. The smallest absolute Gasteiger partial charge is 0.359 e. The third-order valence-electron chi connectivity index (χ3n) is 2.67. The quantitative estimate of drug-likeness (QED) is 0.870. The van der Waals surface area contributed by atoms with Gasteiger partial charge in [0.25, 0.3) is 0 Å². The summed E-state index contributed by atoms with van der Waals surface area (Å²) in [7, 11) is 4.41. The molecule has 2 aromatic rings. The number of thiazole rings is 1. The summed E-state index contributed by atoms with van der Waals surface area (Å²) in [6.07, 6.45) is 0. The van der Waals surface area contributed by atoms with Crippen LogP contribution in [0.5, 0.6) is 11.5 Å². The third kappa shape index (κ3) is 2.53. The van der Waals surface area contributed by atoms with Gasteiger partial charge in [0, 0.05) is 6.07 Å². The van der Waals surface area contributed by atoms with Gasteiger partial charge in [0.05, 0.1) is 26.9 Å². The summed E-state index contributed by atoms with van der Waals surface area (Å²) in [4.78, 5) is 15.7. The van der Waals surface area contributed by atoms with Crippen molar-refractivity contribution >= 4 is 22.3 Å². The highest BCUT2D eigenvalue weighted by Gasteiger charge is 2.19. The fourth-order valence-corrected chi connectivity index (χ4v) is 2.51. The Balaban J connectivity index is 2.49. The fraction of sp³-hybridized carbons (Fsp3) is 0.231. The molecule has 1 aromatic heterocycles. The molecule has 7 heteroatoms. The zero-order valence-electron chi connectivity index (χ0n) is 11.3. The molecule has 0 aliphatic rings. The van der Waals surface area contributed by atoms with Crippen molar-refractivity contribution in [2.75, 3.05) is 27.1 Å². The molecule has 0 saturated heterocycles. The molecule has 106 valence electrons. The molecule has 1 aromatic carbocycles. The molecular formula is C13H14N2O4S. The number of esters is 1. The number of aromatic nitrogens is 1. The van der Waals surface area contributed by atoms with Crippen LogP contribution in [0.25, 0.3) is 10.6 Å². The zero-order chi connectivity index (χ0) is 14.7. The second kappa shape index (κ2) is 5.79. The first kappa shape index (κ1) is 14.1. The van der Waals surface area contributed by atoms with E-state index < -0.39 is 5.97 Å². The van der Waals surface area contributed by atoms with Crippen LogP contribution in [-0.4, -0.2) is 32.3 Å². The van der Waals surface area contributed by atoms with Crippen molar-refractivity contribution < 1.29 is 19.0 Å². The van der Waals surface area contributed by atoms with E-state index in [4.69, 9.17) is 15.2 Å². The summed E-state index contributed by atoms with van der Waals surface area (Å²) in [5, 5.41) is 0.895. The van der Waals surface area contributed by atoms with Gasteiger partial charge >= 0.3 is 5.97 Å². The van der Waals surface area contributed by atoms with Gasteiger partial charge in [0.1, 0.15) is 21.5 Å². The number of hydrogen-bond acceptors (Lipinski definition) is 7. The molecule has 0 spiro atoms. The van der Waals surface area contributed by atoms with Gasteiger partial charge in [-0.1, -0.05) is 11.3 Å². The summed E-state index contributed by atoms with van der Waals surface area (Å²) in [5.41, 5.74) is 6.64. The topological polar surface area (TPSA) is 83.7 Å². The predicted molar refractivity (Wildman–Crippen MR) is 76.4 cm³/mol. The lowest BCUT2D eigenvalue weighted by molar-refractivity contribution is 0.0596. The lowest BCUT2D eigenvalue weighted by Crippen LogP contribution is -2.04. The maximum Gasteiger partial charge on any atom is 0.359 e. The molecule has 0 radical (unpaired) electrons. The fourth-order valence-electron chi connectivity index (χ4n) is 1.67. The second-order valence-electron chi connectivity index (χ2n) is 3.79. The van der Waals surface area contributed by atoms with Crippen LogP contribution >= 0.6 is 11.3 Å². The molecule has 0 unspecified atom stereocenters. The Bertz CT molecular complexity index is 639. The minimum atomic E-state index is -0.558. The summed E-state index contributed by atoms with van der Waals surface area (Å²) in [5.74, 6) is 0.704. The highest BCUT2D eigenvalue weighted by molar-refractivity contribution is 7.19. The number of rotatable bonds is 4. The Kier molecular flexibility index (Phi) is 4.09. The molecule has 0 bridgehead atoms. The number of methoxy groups -OCH3 is 3.